The van der Waals surface area contributed by atoms with Gasteiger partial charge in [0.05, 0.1) is 0 Å². The van der Waals surface area contributed by atoms with E-state index in [1.807, 2.05) is 6.07 Å². The molecule has 0 aliphatic carbocycles. The lowest BCUT2D eigenvalue weighted by atomic mass is 10.1. The van der Waals surface area contributed by atoms with Gasteiger partial charge in [0.2, 0.25) is 0 Å². The van der Waals surface area contributed by atoms with Crippen molar-refractivity contribution in [3.63, 3.8) is 0 Å². The van der Waals surface area contributed by atoms with E-state index in [0.717, 1.165) is 25.2 Å². The molecule has 0 spiro atoms. The maximum absolute atomic E-state index is 13.0. The zero-order chi connectivity index (χ0) is 19.1. The highest BCUT2D eigenvalue weighted by molar-refractivity contribution is 6.01. The number of benzene rings is 1. The van der Waals surface area contributed by atoms with Crippen LogP contribution < -0.4 is 5.32 Å². The van der Waals surface area contributed by atoms with Gasteiger partial charge in [-0.2, -0.15) is 5.26 Å². The lowest BCUT2D eigenvalue weighted by Crippen LogP contribution is -2.37. The number of piperidine rings is 1. The van der Waals surface area contributed by atoms with Crippen LogP contribution in [0.15, 0.2) is 46.4 Å². The molecule has 1 aliphatic heterocycles. The van der Waals surface area contributed by atoms with Crippen molar-refractivity contribution < 1.29 is 13.6 Å². The molecule has 1 fully saturated rings. The molecular weight excluding hydrogens is 345 g/mol. The summed E-state index contributed by atoms with van der Waals surface area (Å²) < 4.78 is 18.7. The molecule has 0 radical (unpaired) electrons. The van der Waals surface area contributed by atoms with Gasteiger partial charge in [-0.25, -0.2) is 4.39 Å². The molecule has 1 N–H and O–H groups in total. The van der Waals surface area contributed by atoms with Crippen LogP contribution in [0.2, 0.25) is 0 Å². The Balaban J connectivity index is 1.59. The van der Waals surface area contributed by atoms with Crippen molar-refractivity contribution in [3.05, 3.63) is 53.5 Å². The second-order valence-electron chi connectivity index (χ2n) is 6.54. The molecule has 3 rings (SSSR count). The van der Waals surface area contributed by atoms with E-state index >= 15 is 0 Å². The van der Waals surface area contributed by atoms with Gasteiger partial charge in [-0.3, -0.25) is 4.79 Å². The first-order chi connectivity index (χ1) is 13.2. The van der Waals surface area contributed by atoms with Gasteiger partial charge in [0.15, 0.2) is 0 Å². The predicted molar refractivity (Wildman–Crippen MR) is 101 cm³/mol. The van der Waals surface area contributed by atoms with Gasteiger partial charge in [-0.1, -0.05) is 6.42 Å². The number of hydrogen-bond acceptors (Lipinski definition) is 4. The number of furan rings is 1. The fourth-order valence-electron chi connectivity index (χ4n) is 3.10. The van der Waals surface area contributed by atoms with Crippen molar-refractivity contribution >= 4 is 12.0 Å². The number of carbonyl (C=O) groups is 1. The van der Waals surface area contributed by atoms with Crippen LogP contribution >= 0.6 is 0 Å². The standard InChI is InChI=1S/C21H22FN3O2/c22-18-6-4-16(5-7-18)20-9-8-19(27-20)14-17(15-23)21(26)24-10-13-25-11-2-1-3-12-25/h4-9,14H,1-3,10-13H2,(H,24,26). The number of amides is 1. The first kappa shape index (κ1) is 18.9. The molecule has 0 saturated carbocycles. The highest BCUT2D eigenvalue weighted by Crippen LogP contribution is 2.23. The Kier molecular flexibility index (Phi) is 6.39. The number of hydrogen-bond donors (Lipinski definition) is 1. The number of carbonyl (C=O) groups excluding carboxylic acids is 1. The Hall–Kier alpha value is -2.91. The number of nitrogens with zero attached hydrogens (tertiary/aromatic N) is 2. The molecule has 1 saturated heterocycles. The number of rotatable bonds is 6. The van der Waals surface area contributed by atoms with Crippen molar-refractivity contribution in [2.45, 2.75) is 19.3 Å². The summed E-state index contributed by atoms with van der Waals surface area (Å²) in [4.78, 5) is 14.6. The maximum Gasteiger partial charge on any atom is 0.262 e. The third kappa shape index (κ3) is 5.28. The Morgan fingerprint density at radius 3 is 2.63 bits per heavy atom. The Morgan fingerprint density at radius 2 is 1.93 bits per heavy atom. The molecule has 1 amide bonds. The molecule has 27 heavy (non-hydrogen) atoms. The summed E-state index contributed by atoms with van der Waals surface area (Å²) in [5, 5.41) is 12.1. The van der Waals surface area contributed by atoms with Crippen LogP contribution in [0, 0.1) is 17.1 Å². The molecule has 0 unspecified atom stereocenters. The lowest BCUT2D eigenvalue weighted by molar-refractivity contribution is -0.117. The van der Waals surface area contributed by atoms with Gasteiger partial charge in [-0.05, 0) is 62.3 Å². The van der Waals surface area contributed by atoms with Crippen molar-refractivity contribution in [1.29, 1.82) is 5.26 Å². The number of nitrogens with one attached hydrogen (secondary N) is 1. The van der Waals surface area contributed by atoms with Crippen molar-refractivity contribution in [2.24, 2.45) is 0 Å². The summed E-state index contributed by atoms with van der Waals surface area (Å²) in [5.74, 6) is 0.216. The van der Waals surface area contributed by atoms with E-state index in [9.17, 15) is 14.4 Å². The zero-order valence-corrected chi connectivity index (χ0v) is 15.1. The molecule has 2 aromatic rings. The molecular formula is C21H22FN3O2. The van der Waals surface area contributed by atoms with E-state index in [-0.39, 0.29) is 11.4 Å². The van der Waals surface area contributed by atoms with E-state index in [4.69, 9.17) is 4.42 Å². The Labute approximate surface area is 158 Å². The first-order valence-corrected chi connectivity index (χ1v) is 9.14. The average Bonchev–Trinajstić information content (AvgIpc) is 3.16. The summed E-state index contributed by atoms with van der Waals surface area (Å²) in [5.41, 5.74) is 0.717. The van der Waals surface area contributed by atoms with Gasteiger partial charge in [-0.15, -0.1) is 0 Å². The van der Waals surface area contributed by atoms with E-state index in [2.05, 4.69) is 10.2 Å². The SMILES string of the molecule is N#CC(=Cc1ccc(-c2ccc(F)cc2)o1)C(=O)NCCN1CCCCC1. The normalized spacial score (nSPS) is 15.3. The first-order valence-electron chi connectivity index (χ1n) is 9.14. The van der Waals surface area contributed by atoms with Crippen LogP contribution in [0.1, 0.15) is 25.0 Å². The molecule has 1 aliphatic rings. The lowest BCUT2D eigenvalue weighted by Gasteiger charge is -2.26. The van der Waals surface area contributed by atoms with Crippen LogP contribution in [-0.4, -0.2) is 37.0 Å². The summed E-state index contributed by atoms with van der Waals surface area (Å²) in [6.45, 7) is 3.43. The minimum atomic E-state index is -0.408. The molecule has 0 atom stereocenters. The second kappa shape index (κ2) is 9.15. The molecule has 140 valence electrons. The molecule has 1 aromatic heterocycles. The number of nitriles is 1. The summed E-state index contributed by atoms with van der Waals surface area (Å²) >= 11 is 0. The summed E-state index contributed by atoms with van der Waals surface area (Å²) in [6.07, 6.45) is 5.09. The monoisotopic (exact) mass is 367 g/mol. The van der Waals surface area contributed by atoms with E-state index < -0.39 is 5.91 Å². The fourth-order valence-corrected chi connectivity index (χ4v) is 3.10. The van der Waals surface area contributed by atoms with Crippen molar-refractivity contribution in [3.8, 4) is 17.4 Å². The topological polar surface area (TPSA) is 69.3 Å². The van der Waals surface area contributed by atoms with Crippen molar-refractivity contribution in [1.82, 2.24) is 10.2 Å². The average molecular weight is 367 g/mol. The predicted octanol–water partition coefficient (Wildman–Crippen LogP) is 3.59. The minimum Gasteiger partial charge on any atom is -0.457 e. The highest BCUT2D eigenvalue weighted by atomic mass is 19.1. The summed E-state index contributed by atoms with van der Waals surface area (Å²) in [6, 6.07) is 11.2. The second-order valence-corrected chi connectivity index (χ2v) is 6.54. The van der Waals surface area contributed by atoms with Gasteiger partial charge in [0.25, 0.3) is 5.91 Å². The van der Waals surface area contributed by atoms with Gasteiger partial charge >= 0.3 is 0 Å². The molecule has 6 heteroatoms. The van der Waals surface area contributed by atoms with Gasteiger partial charge in [0, 0.05) is 24.7 Å². The van der Waals surface area contributed by atoms with Crippen LogP contribution in [0.5, 0.6) is 0 Å². The molecule has 5 nitrogen and oxygen atoms in total. The third-order valence-corrected chi connectivity index (χ3v) is 4.57. The molecule has 0 bridgehead atoms. The fraction of sp³-hybridized carbons (Fsp3) is 0.333. The maximum atomic E-state index is 13.0. The van der Waals surface area contributed by atoms with E-state index in [0.29, 0.717) is 18.1 Å². The number of likely N-dealkylation sites (tertiary alicyclic amines) is 1. The van der Waals surface area contributed by atoms with Crippen LogP contribution in [-0.2, 0) is 4.79 Å². The quantitative estimate of drug-likeness (QED) is 0.626. The minimum absolute atomic E-state index is 0.00588. The van der Waals surface area contributed by atoms with E-state index in [1.165, 1.54) is 37.5 Å². The van der Waals surface area contributed by atoms with Crippen LogP contribution in [0.3, 0.4) is 0 Å². The van der Waals surface area contributed by atoms with Crippen LogP contribution in [0.25, 0.3) is 17.4 Å². The Morgan fingerprint density at radius 1 is 1.19 bits per heavy atom. The summed E-state index contributed by atoms with van der Waals surface area (Å²) in [7, 11) is 0. The third-order valence-electron chi connectivity index (χ3n) is 4.57. The smallest absolute Gasteiger partial charge is 0.262 e. The van der Waals surface area contributed by atoms with Crippen LogP contribution in [0.4, 0.5) is 4.39 Å². The molecule has 2 heterocycles. The molecule has 1 aromatic carbocycles. The number of halogens is 1. The Bertz CT molecular complexity index is 843. The van der Waals surface area contributed by atoms with Gasteiger partial charge < -0.3 is 14.6 Å². The zero-order valence-electron chi connectivity index (χ0n) is 15.1. The largest absolute Gasteiger partial charge is 0.457 e. The van der Waals surface area contributed by atoms with Crippen molar-refractivity contribution in [2.75, 3.05) is 26.2 Å². The van der Waals surface area contributed by atoms with E-state index in [1.54, 1.807) is 24.3 Å². The highest BCUT2D eigenvalue weighted by Gasteiger charge is 2.13. The van der Waals surface area contributed by atoms with Gasteiger partial charge in [0.1, 0.15) is 29.0 Å².